The van der Waals surface area contributed by atoms with E-state index in [1.54, 1.807) is 29.9 Å². The molecule has 0 radical (unpaired) electrons. The van der Waals surface area contributed by atoms with Crippen LogP contribution in [0.15, 0.2) is 47.5 Å². The third kappa shape index (κ3) is 3.17. The van der Waals surface area contributed by atoms with Crippen molar-refractivity contribution < 1.29 is 15.0 Å². The maximum Gasteiger partial charge on any atom is 0.339 e. The fourth-order valence-corrected chi connectivity index (χ4v) is 3.09. The van der Waals surface area contributed by atoms with Gasteiger partial charge in [-0.1, -0.05) is 41.1 Å². The van der Waals surface area contributed by atoms with E-state index in [2.05, 4.69) is 10.1 Å². The molecule has 0 aliphatic heterocycles. The molecule has 6 nitrogen and oxygen atoms in total. The first kappa shape index (κ1) is 16.2. The molecule has 0 aliphatic rings. The summed E-state index contributed by atoms with van der Waals surface area (Å²) in [6, 6.07) is 11.7. The molecule has 0 spiro atoms. The molecule has 0 atom stereocenters. The molecule has 1 aromatic heterocycles. The molecule has 0 saturated heterocycles. The van der Waals surface area contributed by atoms with Gasteiger partial charge in [0.15, 0.2) is 5.75 Å². The van der Waals surface area contributed by atoms with Crippen LogP contribution >= 0.6 is 22.9 Å². The monoisotopic (exact) mass is 361 g/mol. The van der Waals surface area contributed by atoms with Gasteiger partial charge in [-0.2, -0.15) is 5.10 Å². The first-order valence-electron chi connectivity index (χ1n) is 6.86. The number of nitrogens with zero attached hydrogens (tertiary/aromatic N) is 3. The predicted molar refractivity (Wildman–Crippen MR) is 91.8 cm³/mol. The van der Waals surface area contributed by atoms with Gasteiger partial charge in [0.05, 0.1) is 0 Å². The summed E-state index contributed by atoms with van der Waals surface area (Å²) < 4.78 is 1.57. The van der Waals surface area contributed by atoms with Crippen LogP contribution in [0, 0.1) is 0 Å². The van der Waals surface area contributed by atoms with Crippen molar-refractivity contribution in [3.05, 3.63) is 57.9 Å². The summed E-state index contributed by atoms with van der Waals surface area (Å²) in [5.74, 6) is -1.58. The van der Waals surface area contributed by atoms with Gasteiger partial charge in [0.1, 0.15) is 16.3 Å². The summed E-state index contributed by atoms with van der Waals surface area (Å²) in [7, 11) is 1.73. The Bertz CT molecular complexity index is 977. The molecule has 8 heteroatoms. The van der Waals surface area contributed by atoms with Gasteiger partial charge < -0.3 is 10.2 Å². The Labute approximate surface area is 145 Å². The molecule has 0 fully saturated rings. The highest BCUT2D eigenvalue weighted by atomic mass is 35.5. The summed E-state index contributed by atoms with van der Waals surface area (Å²) in [5, 5.41) is 24.9. The summed E-state index contributed by atoms with van der Waals surface area (Å²) >= 11 is 7.20. The molecule has 24 heavy (non-hydrogen) atoms. The van der Waals surface area contributed by atoms with Crippen LogP contribution in [-0.4, -0.2) is 26.0 Å². The molecule has 0 amide bonds. The fourth-order valence-electron chi connectivity index (χ4n) is 2.05. The van der Waals surface area contributed by atoms with E-state index in [1.807, 2.05) is 12.1 Å². The molecule has 0 aliphatic carbocycles. The zero-order chi connectivity index (χ0) is 17.3. The maximum atomic E-state index is 11.1. The number of carboxylic acid groups (broad SMARTS) is 1. The summed E-state index contributed by atoms with van der Waals surface area (Å²) in [6.45, 7) is 0. The molecule has 1 heterocycles. The Kier molecular flexibility index (Phi) is 4.37. The molecule has 0 unspecified atom stereocenters. The van der Waals surface area contributed by atoms with Gasteiger partial charge >= 0.3 is 5.97 Å². The zero-order valence-corrected chi connectivity index (χ0v) is 14.0. The van der Waals surface area contributed by atoms with Gasteiger partial charge in [0.25, 0.3) is 0 Å². The van der Waals surface area contributed by atoms with Gasteiger partial charge in [0, 0.05) is 17.6 Å². The summed E-state index contributed by atoms with van der Waals surface area (Å²) in [5.41, 5.74) is 0.878. The lowest BCUT2D eigenvalue weighted by atomic mass is 10.2. The Morgan fingerprint density at radius 1 is 1.25 bits per heavy atom. The van der Waals surface area contributed by atoms with E-state index >= 15 is 0 Å². The second-order valence-corrected chi connectivity index (χ2v) is 6.30. The minimum absolute atomic E-state index is 0.178. The number of hydrogen-bond acceptors (Lipinski definition) is 5. The molecule has 3 aromatic rings. The molecule has 2 N–H and O–H groups in total. The normalized spacial score (nSPS) is 11.7. The van der Waals surface area contributed by atoms with E-state index in [1.165, 1.54) is 23.5 Å². The molecular weight excluding hydrogens is 350 g/mol. The number of aromatic hydroxyl groups is 1. The number of halogens is 1. The van der Waals surface area contributed by atoms with Crippen molar-refractivity contribution in [2.45, 2.75) is 0 Å². The lowest BCUT2D eigenvalue weighted by molar-refractivity contribution is 0.0694. The smallest absolute Gasteiger partial charge is 0.339 e. The number of rotatable bonds is 3. The van der Waals surface area contributed by atoms with Gasteiger partial charge in [0.2, 0.25) is 4.80 Å². The number of benzene rings is 2. The van der Waals surface area contributed by atoms with Crippen molar-refractivity contribution in [1.29, 1.82) is 0 Å². The highest BCUT2D eigenvalue weighted by Gasteiger charge is 2.13. The molecule has 0 saturated carbocycles. The van der Waals surface area contributed by atoms with Crippen LogP contribution in [0.25, 0.3) is 10.6 Å². The molecule has 2 aromatic carbocycles. The van der Waals surface area contributed by atoms with Crippen LogP contribution in [0.4, 0.5) is 5.69 Å². The fraction of sp³-hybridized carbons (Fsp3) is 0.0625. The van der Waals surface area contributed by atoms with Gasteiger partial charge in [-0.05, 0) is 24.3 Å². The van der Waals surface area contributed by atoms with Crippen LogP contribution in [0.2, 0.25) is 5.02 Å². The van der Waals surface area contributed by atoms with Crippen molar-refractivity contribution in [1.82, 2.24) is 9.78 Å². The SMILES string of the molecule is Cn1nc(-c2ccc(Cl)cc2)sc1=Nc1cccc(C(=O)O)c1O. The van der Waals surface area contributed by atoms with Crippen molar-refractivity contribution in [3.8, 4) is 16.3 Å². The molecular formula is C16H12ClN3O3S. The predicted octanol–water partition coefficient (Wildman–Crippen LogP) is 3.44. The van der Waals surface area contributed by atoms with Crippen molar-refractivity contribution in [3.63, 3.8) is 0 Å². The Balaban J connectivity index is 2.08. The zero-order valence-electron chi connectivity index (χ0n) is 12.5. The molecule has 3 rings (SSSR count). The lowest BCUT2D eigenvalue weighted by Gasteiger charge is -2.01. The quantitative estimate of drug-likeness (QED) is 0.748. The van der Waals surface area contributed by atoms with Crippen LogP contribution in [0.3, 0.4) is 0 Å². The van der Waals surface area contributed by atoms with Crippen molar-refractivity contribution in [2.24, 2.45) is 12.0 Å². The second kappa shape index (κ2) is 6.46. The van der Waals surface area contributed by atoms with E-state index in [9.17, 15) is 9.90 Å². The van der Waals surface area contributed by atoms with E-state index in [0.717, 1.165) is 10.6 Å². The second-order valence-electron chi connectivity index (χ2n) is 4.91. The standard InChI is InChI=1S/C16H12ClN3O3S/c1-20-16(18-12-4-2-3-11(13(12)21)15(22)23)24-14(19-20)9-5-7-10(17)8-6-9/h2-8,21H,1H3,(H,22,23). The first-order chi connectivity index (χ1) is 11.5. The molecule has 122 valence electrons. The van der Waals surface area contributed by atoms with E-state index in [-0.39, 0.29) is 17.0 Å². The van der Waals surface area contributed by atoms with Gasteiger partial charge in [-0.15, -0.1) is 0 Å². The van der Waals surface area contributed by atoms with Crippen LogP contribution in [0.1, 0.15) is 10.4 Å². The van der Waals surface area contributed by atoms with Crippen molar-refractivity contribution >= 4 is 34.6 Å². The third-order valence-electron chi connectivity index (χ3n) is 3.26. The Morgan fingerprint density at radius 2 is 1.96 bits per heavy atom. The topological polar surface area (TPSA) is 87.7 Å². The third-order valence-corrected chi connectivity index (χ3v) is 4.56. The number of hydrogen-bond donors (Lipinski definition) is 2. The maximum absolute atomic E-state index is 11.1. The van der Waals surface area contributed by atoms with Crippen LogP contribution in [0.5, 0.6) is 5.75 Å². The minimum atomic E-state index is -1.21. The van der Waals surface area contributed by atoms with Crippen molar-refractivity contribution in [2.75, 3.05) is 0 Å². The lowest BCUT2D eigenvalue weighted by Crippen LogP contribution is -2.11. The summed E-state index contributed by atoms with van der Waals surface area (Å²) in [6.07, 6.45) is 0. The number of aromatic carboxylic acids is 1. The average Bonchev–Trinajstić information content (AvgIpc) is 2.90. The average molecular weight is 362 g/mol. The number of aryl methyl sites for hydroxylation is 1. The van der Waals surface area contributed by atoms with E-state index in [4.69, 9.17) is 16.7 Å². The number of carboxylic acids is 1. The Hall–Kier alpha value is -2.64. The van der Waals surface area contributed by atoms with Gasteiger partial charge in [-0.3, -0.25) is 0 Å². The largest absolute Gasteiger partial charge is 0.505 e. The number of para-hydroxylation sites is 1. The highest BCUT2D eigenvalue weighted by Crippen LogP contribution is 2.30. The van der Waals surface area contributed by atoms with E-state index in [0.29, 0.717) is 9.82 Å². The Morgan fingerprint density at radius 3 is 2.62 bits per heavy atom. The number of phenols is 1. The van der Waals surface area contributed by atoms with Crippen LogP contribution < -0.4 is 4.80 Å². The highest BCUT2D eigenvalue weighted by molar-refractivity contribution is 7.12. The van der Waals surface area contributed by atoms with E-state index < -0.39 is 5.97 Å². The number of aromatic nitrogens is 2. The number of carbonyl (C=O) groups is 1. The molecule has 0 bridgehead atoms. The minimum Gasteiger partial charge on any atom is -0.505 e. The first-order valence-corrected chi connectivity index (χ1v) is 8.05. The summed E-state index contributed by atoms with van der Waals surface area (Å²) in [4.78, 5) is 15.9. The van der Waals surface area contributed by atoms with Gasteiger partial charge in [-0.25, -0.2) is 14.5 Å². The van der Waals surface area contributed by atoms with Crippen LogP contribution in [-0.2, 0) is 7.05 Å².